The summed E-state index contributed by atoms with van der Waals surface area (Å²) in [5.74, 6) is 0.894. The minimum Gasteiger partial charge on any atom is -0.361 e. The lowest BCUT2D eigenvalue weighted by Gasteiger charge is -2.17. The second kappa shape index (κ2) is 6.10. The Morgan fingerprint density at radius 1 is 1.33 bits per heavy atom. The maximum absolute atomic E-state index is 11.7. The Bertz CT molecular complexity index is 640. The SMILES string of the molecule is CC1CN(Cc2ccccc2)CC1Nc1ncc[nH]c1=O. The molecule has 2 aromatic rings. The standard InChI is InChI=1S/C16H20N4O/c1-12-9-20(10-13-5-3-2-4-6-13)11-14(12)19-15-16(21)18-8-7-17-15/h2-8,12,14H,9-11H2,1H3,(H,17,19)(H,18,21). The number of aromatic nitrogens is 2. The van der Waals surface area contributed by atoms with Crippen LogP contribution in [-0.2, 0) is 6.54 Å². The Kier molecular flexibility index (Phi) is 4.01. The molecule has 0 aliphatic carbocycles. The van der Waals surface area contributed by atoms with Crippen LogP contribution in [0.2, 0.25) is 0 Å². The van der Waals surface area contributed by atoms with Crippen molar-refractivity contribution in [3.8, 4) is 0 Å². The minimum absolute atomic E-state index is 0.161. The minimum atomic E-state index is -0.161. The van der Waals surface area contributed by atoms with Crippen LogP contribution in [0.5, 0.6) is 0 Å². The summed E-state index contributed by atoms with van der Waals surface area (Å²) in [5, 5.41) is 3.28. The number of H-pyrrole nitrogens is 1. The lowest BCUT2D eigenvalue weighted by molar-refractivity contribution is 0.319. The summed E-state index contributed by atoms with van der Waals surface area (Å²) in [6.45, 7) is 5.10. The third kappa shape index (κ3) is 3.31. The second-order valence-electron chi connectivity index (χ2n) is 5.67. The molecule has 0 bridgehead atoms. The van der Waals surface area contributed by atoms with Gasteiger partial charge in [-0.2, -0.15) is 0 Å². The molecule has 2 heterocycles. The van der Waals surface area contributed by atoms with Crippen molar-refractivity contribution in [2.24, 2.45) is 5.92 Å². The number of hydrogen-bond acceptors (Lipinski definition) is 4. The molecule has 2 atom stereocenters. The largest absolute Gasteiger partial charge is 0.361 e. The molecule has 1 saturated heterocycles. The van der Waals surface area contributed by atoms with E-state index in [-0.39, 0.29) is 11.6 Å². The van der Waals surface area contributed by atoms with Crippen LogP contribution >= 0.6 is 0 Å². The number of aromatic amines is 1. The summed E-state index contributed by atoms with van der Waals surface area (Å²) in [6.07, 6.45) is 3.15. The number of nitrogens with zero attached hydrogens (tertiary/aromatic N) is 2. The number of nitrogens with one attached hydrogen (secondary N) is 2. The average molecular weight is 284 g/mol. The van der Waals surface area contributed by atoms with Crippen LogP contribution in [0.4, 0.5) is 5.82 Å². The predicted octanol–water partition coefficient (Wildman–Crippen LogP) is 1.70. The fraction of sp³-hybridized carbons (Fsp3) is 0.375. The van der Waals surface area contributed by atoms with Crippen LogP contribution in [0, 0.1) is 5.92 Å². The Morgan fingerprint density at radius 3 is 2.90 bits per heavy atom. The molecular weight excluding hydrogens is 264 g/mol. The van der Waals surface area contributed by atoms with Crippen LogP contribution in [0.25, 0.3) is 0 Å². The molecule has 5 nitrogen and oxygen atoms in total. The smallest absolute Gasteiger partial charge is 0.290 e. The van der Waals surface area contributed by atoms with Crippen LogP contribution in [0.3, 0.4) is 0 Å². The third-order valence-corrected chi connectivity index (χ3v) is 3.97. The van der Waals surface area contributed by atoms with E-state index < -0.39 is 0 Å². The van der Waals surface area contributed by atoms with Crippen molar-refractivity contribution < 1.29 is 0 Å². The molecule has 0 saturated carbocycles. The lowest BCUT2D eigenvalue weighted by atomic mass is 10.1. The summed E-state index contributed by atoms with van der Waals surface area (Å²) in [4.78, 5) is 20.9. The van der Waals surface area contributed by atoms with Crippen molar-refractivity contribution in [1.29, 1.82) is 0 Å². The molecule has 3 rings (SSSR count). The van der Waals surface area contributed by atoms with E-state index in [2.05, 4.69) is 51.4 Å². The Balaban J connectivity index is 1.64. The normalized spacial score (nSPS) is 22.3. The van der Waals surface area contributed by atoms with Crippen molar-refractivity contribution in [3.05, 3.63) is 58.6 Å². The molecule has 21 heavy (non-hydrogen) atoms. The predicted molar refractivity (Wildman–Crippen MR) is 83.2 cm³/mol. The lowest BCUT2D eigenvalue weighted by Crippen LogP contribution is -2.31. The van der Waals surface area contributed by atoms with Gasteiger partial charge in [0, 0.05) is 38.1 Å². The van der Waals surface area contributed by atoms with Gasteiger partial charge in [-0.25, -0.2) is 4.98 Å². The van der Waals surface area contributed by atoms with Crippen molar-refractivity contribution in [3.63, 3.8) is 0 Å². The van der Waals surface area contributed by atoms with Gasteiger partial charge in [0.15, 0.2) is 5.82 Å². The van der Waals surface area contributed by atoms with Gasteiger partial charge in [-0.3, -0.25) is 9.69 Å². The number of hydrogen-bond donors (Lipinski definition) is 2. The van der Waals surface area contributed by atoms with Gasteiger partial charge in [0.1, 0.15) is 0 Å². The Labute approximate surface area is 124 Å². The van der Waals surface area contributed by atoms with E-state index >= 15 is 0 Å². The number of benzene rings is 1. The van der Waals surface area contributed by atoms with Crippen molar-refractivity contribution in [2.75, 3.05) is 18.4 Å². The molecule has 0 amide bonds. The maximum atomic E-state index is 11.7. The average Bonchev–Trinajstić information content (AvgIpc) is 2.82. The molecule has 1 aromatic heterocycles. The highest BCUT2D eigenvalue weighted by molar-refractivity contribution is 5.32. The Hall–Kier alpha value is -2.14. The van der Waals surface area contributed by atoms with Gasteiger partial charge in [-0.05, 0) is 11.5 Å². The van der Waals surface area contributed by atoms with Gasteiger partial charge < -0.3 is 10.3 Å². The first-order chi connectivity index (χ1) is 10.2. The van der Waals surface area contributed by atoms with Crippen molar-refractivity contribution >= 4 is 5.82 Å². The first-order valence-corrected chi connectivity index (χ1v) is 7.29. The number of rotatable bonds is 4. The summed E-state index contributed by atoms with van der Waals surface area (Å²) >= 11 is 0. The molecule has 5 heteroatoms. The van der Waals surface area contributed by atoms with Gasteiger partial charge in [-0.15, -0.1) is 0 Å². The highest BCUT2D eigenvalue weighted by atomic mass is 16.1. The molecule has 1 aromatic carbocycles. The third-order valence-electron chi connectivity index (χ3n) is 3.97. The number of likely N-dealkylation sites (tertiary alicyclic amines) is 1. The molecule has 0 spiro atoms. The van der Waals surface area contributed by atoms with E-state index in [0.29, 0.717) is 11.7 Å². The van der Waals surface area contributed by atoms with Crippen molar-refractivity contribution in [1.82, 2.24) is 14.9 Å². The van der Waals surface area contributed by atoms with E-state index in [1.165, 1.54) is 5.56 Å². The van der Waals surface area contributed by atoms with Gasteiger partial charge in [0.2, 0.25) is 0 Å². The highest BCUT2D eigenvalue weighted by Crippen LogP contribution is 2.20. The topological polar surface area (TPSA) is 61.0 Å². The van der Waals surface area contributed by atoms with Crippen molar-refractivity contribution in [2.45, 2.75) is 19.5 Å². The zero-order chi connectivity index (χ0) is 14.7. The zero-order valence-corrected chi connectivity index (χ0v) is 12.1. The molecule has 2 N–H and O–H groups in total. The number of anilines is 1. The molecule has 2 unspecified atom stereocenters. The van der Waals surface area contributed by atoms with E-state index in [1.807, 2.05) is 6.07 Å². The Morgan fingerprint density at radius 2 is 2.14 bits per heavy atom. The van der Waals surface area contributed by atoms with Gasteiger partial charge in [0.05, 0.1) is 0 Å². The van der Waals surface area contributed by atoms with Crippen LogP contribution in [0.15, 0.2) is 47.5 Å². The summed E-state index contributed by atoms with van der Waals surface area (Å²) in [6, 6.07) is 10.7. The summed E-state index contributed by atoms with van der Waals surface area (Å²) < 4.78 is 0. The van der Waals surface area contributed by atoms with Gasteiger partial charge in [-0.1, -0.05) is 37.3 Å². The monoisotopic (exact) mass is 284 g/mol. The molecule has 0 radical (unpaired) electrons. The van der Waals surface area contributed by atoms with E-state index in [1.54, 1.807) is 12.4 Å². The zero-order valence-electron chi connectivity index (χ0n) is 12.1. The van der Waals surface area contributed by atoms with E-state index in [0.717, 1.165) is 19.6 Å². The summed E-state index contributed by atoms with van der Waals surface area (Å²) in [5.41, 5.74) is 1.16. The van der Waals surface area contributed by atoms with E-state index in [9.17, 15) is 4.79 Å². The molecule has 1 aliphatic rings. The van der Waals surface area contributed by atoms with Gasteiger partial charge in [0.25, 0.3) is 5.56 Å². The van der Waals surface area contributed by atoms with Crippen LogP contribution < -0.4 is 10.9 Å². The first kappa shape index (κ1) is 13.8. The van der Waals surface area contributed by atoms with E-state index in [4.69, 9.17) is 0 Å². The molecule has 1 fully saturated rings. The van der Waals surface area contributed by atoms with Gasteiger partial charge >= 0.3 is 0 Å². The molecular formula is C16H20N4O. The van der Waals surface area contributed by atoms with Crippen LogP contribution in [-0.4, -0.2) is 34.0 Å². The highest BCUT2D eigenvalue weighted by Gasteiger charge is 2.30. The second-order valence-corrected chi connectivity index (χ2v) is 5.67. The summed E-state index contributed by atoms with van der Waals surface area (Å²) in [7, 11) is 0. The first-order valence-electron chi connectivity index (χ1n) is 7.29. The fourth-order valence-corrected chi connectivity index (χ4v) is 2.86. The quantitative estimate of drug-likeness (QED) is 0.897. The molecule has 1 aliphatic heterocycles. The maximum Gasteiger partial charge on any atom is 0.290 e. The fourth-order valence-electron chi connectivity index (χ4n) is 2.86. The van der Waals surface area contributed by atoms with Crippen LogP contribution in [0.1, 0.15) is 12.5 Å². The molecule has 110 valence electrons.